The fourth-order valence-corrected chi connectivity index (χ4v) is 2.05. The highest BCUT2D eigenvalue weighted by Gasteiger charge is 2.18. The van der Waals surface area contributed by atoms with Gasteiger partial charge in [0.05, 0.1) is 24.5 Å². The van der Waals surface area contributed by atoms with E-state index < -0.39 is 5.97 Å². The van der Waals surface area contributed by atoms with Crippen molar-refractivity contribution in [3.05, 3.63) is 47.4 Å². The molecule has 0 aliphatic heterocycles. The Balaban J connectivity index is 2.61. The smallest absolute Gasteiger partial charge is 0.339 e. The molecule has 1 aromatic heterocycles. The Bertz CT molecular complexity index is 681. The number of hydrogen-bond donors (Lipinski definition) is 0. The summed E-state index contributed by atoms with van der Waals surface area (Å²) in [5, 5.41) is 0. The molecule has 0 atom stereocenters. The van der Waals surface area contributed by atoms with Gasteiger partial charge in [0.15, 0.2) is 0 Å². The Morgan fingerprint density at radius 2 is 1.86 bits per heavy atom. The molecular weight excluding hydrogens is 285 g/mol. The molecule has 0 spiro atoms. The summed E-state index contributed by atoms with van der Waals surface area (Å²) in [6, 6.07) is 7.61. The molecule has 4 nitrogen and oxygen atoms in total. The number of ether oxygens (including phenoxy) is 2. The predicted octanol–water partition coefficient (Wildman–Crippen LogP) is 3.77. The molecule has 2 rings (SSSR count). The summed E-state index contributed by atoms with van der Waals surface area (Å²) >= 11 is 0. The van der Waals surface area contributed by atoms with Crippen molar-refractivity contribution >= 4 is 5.97 Å². The molecule has 0 saturated carbocycles. The number of halogens is 1. The highest BCUT2D eigenvalue weighted by Crippen LogP contribution is 2.31. The van der Waals surface area contributed by atoms with E-state index in [1.54, 1.807) is 25.1 Å². The number of benzene rings is 1. The van der Waals surface area contributed by atoms with Gasteiger partial charge in [0, 0.05) is 5.56 Å². The molecule has 0 N–H and O–H groups in total. The van der Waals surface area contributed by atoms with Crippen molar-refractivity contribution in [1.82, 2.24) is 4.98 Å². The Labute approximate surface area is 128 Å². The lowest BCUT2D eigenvalue weighted by atomic mass is 10.0. The van der Waals surface area contributed by atoms with Crippen LogP contribution in [0.15, 0.2) is 30.3 Å². The minimum atomic E-state index is -0.468. The standard InChI is InChI=1S/C17H18FNO3/c1-10(2)22-16-15(12-5-7-13(18)8-6-12)9-14(11(3)19-16)17(20)21-4/h5-10H,1-4H3. The maximum atomic E-state index is 13.1. The van der Waals surface area contributed by atoms with Gasteiger partial charge in [-0.2, -0.15) is 0 Å². The summed E-state index contributed by atoms with van der Waals surface area (Å²) in [4.78, 5) is 16.2. The van der Waals surface area contributed by atoms with E-state index in [-0.39, 0.29) is 11.9 Å². The largest absolute Gasteiger partial charge is 0.474 e. The Kier molecular flexibility index (Phi) is 4.75. The van der Waals surface area contributed by atoms with Gasteiger partial charge in [0.1, 0.15) is 5.82 Å². The van der Waals surface area contributed by atoms with E-state index in [4.69, 9.17) is 9.47 Å². The molecule has 0 radical (unpaired) electrons. The summed E-state index contributed by atoms with van der Waals surface area (Å²) in [5.74, 6) is -0.389. The van der Waals surface area contributed by atoms with Gasteiger partial charge in [-0.3, -0.25) is 0 Å². The zero-order chi connectivity index (χ0) is 16.3. The Hall–Kier alpha value is -2.43. The van der Waals surface area contributed by atoms with Crippen LogP contribution in [0.2, 0.25) is 0 Å². The van der Waals surface area contributed by atoms with Crippen LogP contribution >= 0.6 is 0 Å². The lowest BCUT2D eigenvalue weighted by Crippen LogP contribution is -2.11. The zero-order valence-electron chi connectivity index (χ0n) is 13.0. The maximum Gasteiger partial charge on any atom is 0.339 e. The van der Waals surface area contributed by atoms with Crippen molar-refractivity contribution in [2.45, 2.75) is 26.9 Å². The van der Waals surface area contributed by atoms with Crippen molar-refractivity contribution in [3.63, 3.8) is 0 Å². The number of methoxy groups -OCH3 is 1. The second kappa shape index (κ2) is 6.56. The molecule has 0 unspecified atom stereocenters. The number of nitrogens with zero attached hydrogens (tertiary/aromatic N) is 1. The molecule has 1 aromatic carbocycles. The van der Waals surface area contributed by atoms with Crippen LogP contribution in [-0.2, 0) is 4.74 Å². The third-order valence-electron chi connectivity index (χ3n) is 3.09. The normalized spacial score (nSPS) is 10.6. The van der Waals surface area contributed by atoms with Gasteiger partial charge in [0.25, 0.3) is 0 Å². The number of esters is 1. The van der Waals surface area contributed by atoms with E-state index >= 15 is 0 Å². The van der Waals surface area contributed by atoms with Crippen LogP contribution in [-0.4, -0.2) is 24.2 Å². The summed E-state index contributed by atoms with van der Waals surface area (Å²) in [6.45, 7) is 5.49. The fraction of sp³-hybridized carbons (Fsp3) is 0.294. The first-order chi connectivity index (χ1) is 10.4. The number of aromatic nitrogens is 1. The van der Waals surface area contributed by atoms with E-state index in [2.05, 4.69) is 4.98 Å². The summed E-state index contributed by atoms with van der Waals surface area (Å²) in [5.41, 5.74) is 2.22. The van der Waals surface area contributed by atoms with Crippen molar-refractivity contribution in [2.24, 2.45) is 0 Å². The van der Waals surface area contributed by atoms with E-state index in [0.29, 0.717) is 22.7 Å². The van der Waals surface area contributed by atoms with Gasteiger partial charge in [-0.05, 0) is 44.5 Å². The molecule has 0 fully saturated rings. The van der Waals surface area contributed by atoms with Crippen molar-refractivity contribution in [3.8, 4) is 17.0 Å². The average molecular weight is 303 g/mol. The lowest BCUT2D eigenvalue weighted by molar-refractivity contribution is 0.0599. The van der Waals surface area contributed by atoms with Crippen LogP contribution in [0.1, 0.15) is 29.9 Å². The summed E-state index contributed by atoms with van der Waals surface area (Å²) in [7, 11) is 1.32. The number of pyridine rings is 1. The minimum Gasteiger partial charge on any atom is -0.474 e. The molecule has 22 heavy (non-hydrogen) atoms. The van der Waals surface area contributed by atoms with Crippen LogP contribution in [0, 0.1) is 12.7 Å². The molecule has 2 aromatic rings. The molecule has 116 valence electrons. The highest BCUT2D eigenvalue weighted by molar-refractivity contribution is 5.92. The van der Waals surface area contributed by atoms with Gasteiger partial charge in [0.2, 0.25) is 5.88 Å². The van der Waals surface area contributed by atoms with Crippen molar-refractivity contribution in [2.75, 3.05) is 7.11 Å². The van der Waals surface area contributed by atoms with E-state index in [1.807, 2.05) is 13.8 Å². The Morgan fingerprint density at radius 3 is 2.41 bits per heavy atom. The minimum absolute atomic E-state index is 0.0740. The molecule has 0 aliphatic rings. The van der Waals surface area contributed by atoms with Crippen LogP contribution in [0.5, 0.6) is 5.88 Å². The molecule has 5 heteroatoms. The topological polar surface area (TPSA) is 48.4 Å². The number of carbonyl (C=O) groups is 1. The second-order valence-electron chi connectivity index (χ2n) is 5.14. The highest BCUT2D eigenvalue weighted by atomic mass is 19.1. The first-order valence-electron chi connectivity index (χ1n) is 6.95. The van der Waals surface area contributed by atoms with E-state index in [0.717, 1.165) is 5.56 Å². The van der Waals surface area contributed by atoms with Gasteiger partial charge in [-0.25, -0.2) is 14.2 Å². The zero-order valence-corrected chi connectivity index (χ0v) is 13.0. The van der Waals surface area contributed by atoms with Gasteiger partial charge in [-0.1, -0.05) is 12.1 Å². The quantitative estimate of drug-likeness (QED) is 0.807. The van der Waals surface area contributed by atoms with Gasteiger partial charge in [-0.15, -0.1) is 0 Å². The summed E-state index contributed by atoms with van der Waals surface area (Å²) in [6.07, 6.45) is -0.0740. The number of carbonyl (C=O) groups excluding carboxylic acids is 1. The van der Waals surface area contributed by atoms with Crippen molar-refractivity contribution < 1.29 is 18.7 Å². The number of hydrogen-bond acceptors (Lipinski definition) is 4. The Morgan fingerprint density at radius 1 is 1.23 bits per heavy atom. The first-order valence-corrected chi connectivity index (χ1v) is 6.95. The van der Waals surface area contributed by atoms with Crippen molar-refractivity contribution in [1.29, 1.82) is 0 Å². The first kappa shape index (κ1) is 15.9. The average Bonchev–Trinajstić information content (AvgIpc) is 2.47. The van der Waals surface area contributed by atoms with Gasteiger partial charge >= 0.3 is 5.97 Å². The van der Waals surface area contributed by atoms with E-state index in [9.17, 15) is 9.18 Å². The third kappa shape index (κ3) is 3.42. The van der Waals surface area contributed by atoms with Crippen LogP contribution in [0.4, 0.5) is 4.39 Å². The predicted molar refractivity (Wildman–Crippen MR) is 81.5 cm³/mol. The van der Waals surface area contributed by atoms with Gasteiger partial charge < -0.3 is 9.47 Å². The van der Waals surface area contributed by atoms with Crippen LogP contribution < -0.4 is 4.74 Å². The third-order valence-corrected chi connectivity index (χ3v) is 3.09. The monoisotopic (exact) mass is 303 g/mol. The summed E-state index contributed by atoms with van der Waals surface area (Å²) < 4.78 is 23.6. The molecule has 0 bridgehead atoms. The molecule has 0 saturated heterocycles. The van der Waals surface area contributed by atoms with Crippen LogP contribution in [0.25, 0.3) is 11.1 Å². The van der Waals surface area contributed by atoms with Crippen LogP contribution in [0.3, 0.4) is 0 Å². The fourth-order valence-electron chi connectivity index (χ4n) is 2.05. The number of rotatable bonds is 4. The number of aryl methyl sites for hydroxylation is 1. The molecular formula is C17H18FNO3. The maximum absolute atomic E-state index is 13.1. The second-order valence-corrected chi connectivity index (χ2v) is 5.14. The lowest BCUT2D eigenvalue weighted by Gasteiger charge is -2.16. The molecule has 0 amide bonds. The molecule has 1 heterocycles. The van der Waals surface area contributed by atoms with E-state index in [1.165, 1.54) is 19.2 Å². The SMILES string of the molecule is COC(=O)c1cc(-c2ccc(F)cc2)c(OC(C)C)nc1C. The molecule has 0 aliphatic carbocycles.